The number of hydrogen-bond donors (Lipinski definition) is 2. The fourth-order valence-corrected chi connectivity index (χ4v) is 1.84. The number of furan rings is 1. The Morgan fingerprint density at radius 2 is 2.06 bits per heavy atom. The maximum Gasteiger partial charge on any atom is 0.153 e. The molecule has 0 aliphatic rings. The fraction of sp³-hybridized carbons (Fsp3) is 0.0714. The van der Waals surface area contributed by atoms with Crippen LogP contribution >= 0.6 is 0 Å². The van der Waals surface area contributed by atoms with Gasteiger partial charge in [-0.2, -0.15) is 0 Å². The van der Waals surface area contributed by atoms with Crippen molar-refractivity contribution >= 4 is 11.0 Å². The highest BCUT2D eigenvalue weighted by atomic mass is 16.3. The van der Waals surface area contributed by atoms with Gasteiger partial charge in [-0.25, -0.2) is 0 Å². The zero-order valence-electron chi connectivity index (χ0n) is 9.63. The summed E-state index contributed by atoms with van der Waals surface area (Å²) in [6, 6.07) is 10.7. The van der Waals surface area contributed by atoms with Gasteiger partial charge in [0.2, 0.25) is 0 Å². The van der Waals surface area contributed by atoms with Crippen molar-refractivity contribution in [2.45, 2.75) is 6.54 Å². The van der Waals surface area contributed by atoms with Gasteiger partial charge in [0.25, 0.3) is 0 Å². The number of fused-ring (bicyclic) bond motifs is 1. The van der Waals surface area contributed by atoms with Gasteiger partial charge in [0.05, 0.1) is 0 Å². The summed E-state index contributed by atoms with van der Waals surface area (Å²) < 4.78 is 5.65. The third kappa shape index (κ3) is 1.83. The van der Waals surface area contributed by atoms with E-state index in [2.05, 4.69) is 4.98 Å². The number of nitrogens with zero attached hydrogens (tertiary/aromatic N) is 1. The van der Waals surface area contributed by atoms with Gasteiger partial charge >= 0.3 is 0 Å². The van der Waals surface area contributed by atoms with Crippen LogP contribution in [0.4, 0.5) is 0 Å². The molecular formula is C14H12N2O2. The fourth-order valence-electron chi connectivity index (χ4n) is 1.84. The summed E-state index contributed by atoms with van der Waals surface area (Å²) in [6.45, 7) is 0.473. The molecular weight excluding hydrogens is 228 g/mol. The molecule has 4 heteroatoms. The van der Waals surface area contributed by atoms with E-state index in [9.17, 15) is 5.11 Å². The van der Waals surface area contributed by atoms with Gasteiger partial charge in [0.15, 0.2) is 5.76 Å². The monoisotopic (exact) mass is 240 g/mol. The van der Waals surface area contributed by atoms with Gasteiger partial charge in [0, 0.05) is 24.2 Å². The van der Waals surface area contributed by atoms with Crippen molar-refractivity contribution in [1.82, 2.24) is 4.98 Å². The Bertz CT molecular complexity index is 687. The van der Waals surface area contributed by atoms with E-state index in [-0.39, 0.29) is 5.75 Å². The standard InChI is InChI=1S/C14H12N2O2/c15-7-9-1-4-12(16-8-9)14-5-10-2-3-11(17)6-13(10)18-14/h1-6,8,17H,7,15H2. The van der Waals surface area contributed by atoms with Crippen LogP contribution in [0.2, 0.25) is 0 Å². The van der Waals surface area contributed by atoms with Crippen molar-refractivity contribution < 1.29 is 9.52 Å². The first-order valence-electron chi connectivity index (χ1n) is 5.64. The molecule has 0 unspecified atom stereocenters. The van der Waals surface area contributed by atoms with Crippen LogP contribution in [0.3, 0.4) is 0 Å². The van der Waals surface area contributed by atoms with Crippen LogP contribution < -0.4 is 5.73 Å². The molecule has 0 aliphatic carbocycles. The number of aromatic hydroxyl groups is 1. The van der Waals surface area contributed by atoms with Crippen molar-refractivity contribution in [3.8, 4) is 17.2 Å². The lowest BCUT2D eigenvalue weighted by Crippen LogP contribution is -1.96. The Morgan fingerprint density at radius 3 is 2.78 bits per heavy atom. The molecule has 2 heterocycles. The summed E-state index contributed by atoms with van der Waals surface area (Å²) in [6.07, 6.45) is 1.74. The maximum absolute atomic E-state index is 9.39. The maximum atomic E-state index is 9.39. The van der Waals surface area contributed by atoms with E-state index >= 15 is 0 Å². The van der Waals surface area contributed by atoms with Crippen molar-refractivity contribution in [1.29, 1.82) is 0 Å². The van der Waals surface area contributed by atoms with Crippen molar-refractivity contribution in [2.24, 2.45) is 5.73 Å². The highest BCUT2D eigenvalue weighted by Crippen LogP contribution is 2.28. The topological polar surface area (TPSA) is 72.3 Å². The van der Waals surface area contributed by atoms with Gasteiger partial charge in [0.1, 0.15) is 17.0 Å². The van der Waals surface area contributed by atoms with Crippen LogP contribution in [0.25, 0.3) is 22.4 Å². The SMILES string of the molecule is NCc1ccc(-c2cc3ccc(O)cc3o2)nc1. The molecule has 1 aromatic carbocycles. The second kappa shape index (κ2) is 4.16. The average Bonchev–Trinajstić information content (AvgIpc) is 2.81. The smallest absolute Gasteiger partial charge is 0.153 e. The second-order valence-corrected chi connectivity index (χ2v) is 4.09. The lowest BCUT2D eigenvalue weighted by Gasteiger charge is -1.97. The average molecular weight is 240 g/mol. The summed E-state index contributed by atoms with van der Waals surface area (Å²) in [7, 11) is 0. The molecule has 0 bridgehead atoms. The van der Waals surface area contributed by atoms with Crippen LogP contribution in [0.1, 0.15) is 5.56 Å². The molecule has 0 aliphatic heterocycles. The molecule has 0 saturated carbocycles. The quantitative estimate of drug-likeness (QED) is 0.722. The van der Waals surface area contributed by atoms with E-state index in [0.29, 0.717) is 17.9 Å². The van der Waals surface area contributed by atoms with Gasteiger partial charge in [-0.05, 0) is 29.8 Å². The van der Waals surface area contributed by atoms with Crippen LogP contribution in [0.5, 0.6) is 5.75 Å². The zero-order valence-corrected chi connectivity index (χ0v) is 9.63. The van der Waals surface area contributed by atoms with Gasteiger partial charge in [-0.15, -0.1) is 0 Å². The molecule has 0 fully saturated rings. The minimum absolute atomic E-state index is 0.190. The Kier molecular flexibility index (Phi) is 2.50. The molecule has 90 valence electrons. The molecule has 3 rings (SSSR count). The Morgan fingerprint density at radius 1 is 1.17 bits per heavy atom. The molecule has 0 radical (unpaired) electrons. The van der Waals surface area contributed by atoms with E-state index < -0.39 is 0 Å². The number of hydrogen-bond acceptors (Lipinski definition) is 4. The predicted molar refractivity (Wildman–Crippen MR) is 69.0 cm³/mol. The number of pyridine rings is 1. The summed E-state index contributed by atoms with van der Waals surface area (Å²) in [5.74, 6) is 0.869. The molecule has 0 saturated heterocycles. The first-order chi connectivity index (χ1) is 8.76. The summed E-state index contributed by atoms with van der Waals surface area (Å²) in [4.78, 5) is 4.30. The zero-order chi connectivity index (χ0) is 12.5. The van der Waals surface area contributed by atoms with Crippen LogP contribution in [0, 0.1) is 0 Å². The minimum Gasteiger partial charge on any atom is -0.508 e. The lowest BCUT2D eigenvalue weighted by molar-refractivity contribution is 0.474. The molecule has 0 atom stereocenters. The molecule has 2 aromatic heterocycles. The van der Waals surface area contributed by atoms with E-state index in [1.807, 2.05) is 24.3 Å². The first-order valence-corrected chi connectivity index (χ1v) is 5.64. The molecule has 3 aromatic rings. The van der Waals surface area contributed by atoms with E-state index in [1.54, 1.807) is 18.3 Å². The number of benzene rings is 1. The lowest BCUT2D eigenvalue weighted by atomic mass is 10.2. The van der Waals surface area contributed by atoms with Crippen LogP contribution in [-0.4, -0.2) is 10.1 Å². The van der Waals surface area contributed by atoms with E-state index in [1.165, 1.54) is 0 Å². The van der Waals surface area contributed by atoms with Crippen molar-refractivity contribution in [3.63, 3.8) is 0 Å². The number of phenolic OH excluding ortho intramolecular Hbond substituents is 1. The number of phenols is 1. The Hall–Kier alpha value is -2.33. The van der Waals surface area contributed by atoms with E-state index in [0.717, 1.165) is 16.6 Å². The van der Waals surface area contributed by atoms with Gasteiger partial charge < -0.3 is 15.3 Å². The first kappa shape index (κ1) is 10.8. The third-order valence-corrected chi connectivity index (χ3v) is 2.82. The summed E-state index contributed by atoms with van der Waals surface area (Å²) >= 11 is 0. The Labute approximate surface area is 104 Å². The summed E-state index contributed by atoms with van der Waals surface area (Å²) in [5, 5.41) is 10.3. The Balaban J connectivity index is 2.07. The van der Waals surface area contributed by atoms with Crippen LogP contribution in [-0.2, 0) is 6.54 Å². The third-order valence-electron chi connectivity index (χ3n) is 2.82. The highest BCUT2D eigenvalue weighted by Gasteiger charge is 2.07. The minimum atomic E-state index is 0.190. The number of aromatic nitrogens is 1. The second-order valence-electron chi connectivity index (χ2n) is 4.09. The molecule has 0 amide bonds. The number of rotatable bonds is 2. The van der Waals surface area contributed by atoms with Crippen molar-refractivity contribution in [3.05, 3.63) is 48.2 Å². The largest absolute Gasteiger partial charge is 0.508 e. The van der Waals surface area contributed by atoms with Gasteiger partial charge in [-0.3, -0.25) is 4.98 Å². The summed E-state index contributed by atoms with van der Waals surface area (Å²) in [5.41, 5.74) is 7.91. The van der Waals surface area contributed by atoms with Crippen LogP contribution in [0.15, 0.2) is 47.0 Å². The predicted octanol–water partition coefficient (Wildman–Crippen LogP) is 2.66. The van der Waals surface area contributed by atoms with Crippen molar-refractivity contribution in [2.75, 3.05) is 0 Å². The molecule has 4 nitrogen and oxygen atoms in total. The van der Waals surface area contributed by atoms with Gasteiger partial charge in [-0.1, -0.05) is 6.07 Å². The highest BCUT2D eigenvalue weighted by molar-refractivity contribution is 5.83. The molecule has 0 spiro atoms. The normalized spacial score (nSPS) is 10.9. The molecule has 18 heavy (non-hydrogen) atoms. The van der Waals surface area contributed by atoms with E-state index in [4.69, 9.17) is 10.2 Å². The molecule has 3 N–H and O–H groups in total. The number of nitrogens with two attached hydrogens (primary N) is 1.